The van der Waals surface area contributed by atoms with E-state index in [0.29, 0.717) is 5.95 Å². The average molecular weight is 215 g/mol. The van der Waals surface area contributed by atoms with Crippen molar-refractivity contribution in [1.29, 1.82) is 0 Å². The number of hydrogen-bond acceptors (Lipinski definition) is 4. The molecule has 16 heavy (non-hydrogen) atoms. The molecule has 4 N–H and O–H groups in total. The number of nitrogen functional groups attached to an aromatic ring is 1. The number of anilines is 1. The molecule has 3 rings (SSSR count). The molecule has 0 fully saturated rings. The topological polar surface area (TPSA) is 79.6 Å². The largest absolute Gasteiger partial charge is 0.369 e. The Morgan fingerprint density at radius 2 is 2.38 bits per heavy atom. The molecule has 0 radical (unpaired) electrons. The molecule has 1 aliphatic rings. The normalized spacial score (nSPS) is 19.4. The number of aromatic nitrogens is 3. The van der Waals surface area contributed by atoms with E-state index in [1.54, 1.807) is 6.20 Å². The lowest BCUT2D eigenvalue weighted by Crippen LogP contribution is -2.30. The molecule has 3 heterocycles. The van der Waals surface area contributed by atoms with Crippen molar-refractivity contribution >= 4 is 5.95 Å². The van der Waals surface area contributed by atoms with Gasteiger partial charge < -0.3 is 16.0 Å². The smallest absolute Gasteiger partial charge is 0.197 e. The standard InChI is InChI=1S/C11H13N5/c12-11-15-8-3-5-14-9(10(8)16-11)7-2-1-4-13-6-7/h1-2,4,6,9,14H,3,5H2,(H3,12,15,16). The molecule has 1 aliphatic heterocycles. The first-order valence-electron chi connectivity index (χ1n) is 5.32. The fourth-order valence-electron chi connectivity index (χ4n) is 2.13. The van der Waals surface area contributed by atoms with Crippen LogP contribution >= 0.6 is 0 Å². The summed E-state index contributed by atoms with van der Waals surface area (Å²) >= 11 is 0. The van der Waals surface area contributed by atoms with E-state index in [0.717, 1.165) is 29.9 Å². The van der Waals surface area contributed by atoms with Crippen LogP contribution in [0.1, 0.15) is 23.0 Å². The first-order valence-corrected chi connectivity index (χ1v) is 5.32. The van der Waals surface area contributed by atoms with Gasteiger partial charge >= 0.3 is 0 Å². The van der Waals surface area contributed by atoms with Crippen molar-refractivity contribution in [3.8, 4) is 0 Å². The zero-order valence-electron chi connectivity index (χ0n) is 8.77. The summed E-state index contributed by atoms with van der Waals surface area (Å²) in [5.41, 5.74) is 8.94. The maximum Gasteiger partial charge on any atom is 0.197 e. The summed E-state index contributed by atoms with van der Waals surface area (Å²) in [5.74, 6) is 0.489. The molecular weight excluding hydrogens is 202 g/mol. The lowest BCUT2D eigenvalue weighted by atomic mass is 10.00. The second-order valence-corrected chi connectivity index (χ2v) is 3.91. The van der Waals surface area contributed by atoms with E-state index in [4.69, 9.17) is 5.73 Å². The maximum absolute atomic E-state index is 5.69. The van der Waals surface area contributed by atoms with Crippen LogP contribution in [-0.2, 0) is 6.42 Å². The van der Waals surface area contributed by atoms with Crippen LogP contribution in [0.3, 0.4) is 0 Å². The molecule has 5 heteroatoms. The van der Waals surface area contributed by atoms with Crippen molar-refractivity contribution in [2.45, 2.75) is 12.5 Å². The van der Waals surface area contributed by atoms with Crippen LogP contribution in [0.15, 0.2) is 24.5 Å². The molecular formula is C11H13N5. The van der Waals surface area contributed by atoms with Gasteiger partial charge in [0.1, 0.15) is 0 Å². The van der Waals surface area contributed by atoms with Gasteiger partial charge in [-0.2, -0.15) is 0 Å². The molecule has 1 unspecified atom stereocenters. The summed E-state index contributed by atoms with van der Waals surface area (Å²) in [6.07, 6.45) is 4.57. The predicted molar refractivity (Wildman–Crippen MR) is 60.8 cm³/mol. The lowest BCUT2D eigenvalue weighted by molar-refractivity contribution is 0.552. The van der Waals surface area contributed by atoms with Gasteiger partial charge in [0.25, 0.3) is 0 Å². The number of pyridine rings is 1. The van der Waals surface area contributed by atoms with Gasteiger partial charge in [-0.15, -0.1) is 0 Å². The molecule has 82 valence electrons. The third-order valence-electron chi connectivity index (χ3n) is 2.84. The average Bonchev–Trinajstić information content (AvgIpc) is 2.70. The van der Waals surface area contributed by atoms with Crippen LogP contribution in [0.2, 0.25) is 0 Å². The summed E-state index contributed by atoms with van der Waals surface area (Å²) in [5, 5.41) is 3.43. The van der Waals surface area contributed by atoms with Crippen molar-refractivity contribution in [2.24, 2.45) is 0 Å². The zero-order valence-corrected chi connectivity index (χ0v) is 8.77. The van der Waals surface area contributed by atoms with Gasteiger partial charge in [-0.1, -0.05) is 6.07 Å². The van der Waals surface area contributed by atoms with Gasteiger partial charge in [-0.25, -0.2) is 4.98 Å². The van der Waals surface area contributed by atoms with Gasteiger partial charge in [0.15, 0.2) is 5.95 Å². The van der Waals surface area contributed by atoms with E-state index in [1.165, 1.54) is 0 Å². The Labute approximate surface area is 93.1 Å². The number of nitrogens with two attached hydrogens (primary N) is 1. The Morgan fingerprint density at radius 3 is 3.19 bits per heavy atom. The van der Waals surface area contributed by atoms with Crippen molar-refractivity contribution in [2.75, 3.05) is 12.3 Å². The summed E-state index contributed by atoms with van der Waals surface area (Å²) in [7, 11) is 0. The molecule has 0 spiro atoms. The Balaban J connectivity index is 2.05. The SMILES string of the molecule is Nc1nc2c([nH]1)CCNC2c1cccnc1. The molecule has 1 atom stereocenters. The monoisotopic (exact) mass is 215 g/mol. The minimum atomic E-state index is 0.103. The summed E-state index contributed by atoms with van der Waals surface area (Å²) in [6.45, 7) is 0.925. The van der Waals surface area contributed by atoms with Gasteiger partial charge in [0.2, 0.25) is 0 Å². The summed E-state index contributed by atoms with van der Waals surface area (Å²) < 4.78 is 0. The van der Waals surface area contributed by atoms with Gasteiger partial charge in [0.05, 0.1) is 11.7 Å². The van der Waals surface area contributed by atoms with Crippen molar-refractivity contribution < 1.29 is 0 Å². The van der Waals surface area contributed by atoms with E-state index in [2.05, 4.69) is 20.3 Å². The number of H-pyrrole nitrogens is 1. The molecule has 5 nitrogen and oxygen atoms in total. The predicted octanol–water partition coefficient (Wildman–Crippen LogP) is 0.622. The van der Waals surface area contributed by atoms with E-state index in [9.17, 15) is 0 Å². The van der Waals surface area contributed by atoms with Gasteiger partial charge in [-0.3, -0.25) is 4.98 Å². The number of imidazole rings is 1. The molecule has 0 bridgehead atoms. The highest BCUT2D eigenvalue weighted by Gasteiger charge is 2.24. The maximum atomic E-state index is 5.69. The summed E-state index contributed by atoms with van der Waals surface area (Å²) in [6, 6.07) is 4.08. The number of hydrogen-bond donors (Lipinski definition) is 3. The molecule has 0 aliphatic carbocycles. The van der Waals surface area contributed by atoms with Crippen LogP contribution in [0.4, 0.5) is 5.95 Å². The van der Waals surface area contributed by atoms with Crippen LogP contribution in [0.25, 0.3) is 0 Å². The van der Waals surface area contributed by atoms with E-state index in [-0.39, 0.29) is 6.04 Å². The lowest BCUT2D eigenvalue weighted by Gasteiger charge is -2.22. The molecule has 0 saturated heterocycles. The third-order valence-corrected chi connectivity index (χ3v) is 2.84. The van der Waals surface area contributed by atoms with Crippen LogP contribution in [0.5, 0.6) is 0 Å². The Kier molecular flexibility index (Phi) is 2.11. The van der Waals surface area contributed by atoms with E-state index >= 15 is 0 Å². The molecule has 0 saturated carbocycles. The second-order valence-electron chi connectivity index (χ2n) is 3.91. The van der Waals surface area contributed by atoms with E-state index < -0.39 is 0 Å². The highest BCUT2D eigenvalue weighted by atomic mass is 15.1. The molecule has 0 amide bonds. The second kappa shape index (κ2) is 3.61. The van der Waals surface area contributed by atoms with Gasteiger partial charge in [0, 0.05) is 31.1 Å². The number of rotatable bonds is 1. The van der Waals surface area contributed by atoms with Crippen molar-refractivity contribution in [3.05, 3.63) is 41.5 Å². The number of fused-ring (bicyclic) bond motifs is 1. The highest BCUT2D eigenvalue weighted by molar-refractivity contribution is 5.36. The van der Waals surface area contributed by atoms with Crippen LogP contribution < -0.4 is 11.1 Å². The quantitative estimate of drug-likeness (QED) is 0.651. The van der Waals surface area contributed by atoms with Crippen molar-refractivity contribution in [1.82, 2.24) is 20.3 Å². The first-order chi connectivity index (χ1) is 7.84. The number of nitrogens with one attached hydrogen (secondary N) is 2. The van der Waals surface area contributed by atoms with Crippen LogP contribution in [0, 0.1) is 0 Å². The minimum Gasteiger partial charge on any atom is -0.369 e. The van der Waals surface area contributed by atoms with Crippen molar-refractivity contribution in [3.63, 3.8) is 0 Å². The first kappa shape index (κ1) is 9.35. The molecule has 2 aromatic rings. The number of aromatic amines is 1. The fourth-order valence-corrected chi connectivity index (χ4v) is 2.13. The Bertz CT molecular complexity index is 490. The van der Waals surface area contributed by atoms with Crippen LogP contribution in [-0.4, -0.2) is 21.5 Å². The third kappa shape index (κ3) is 1.45. The minimum absolute atomic E-state index is 0.103. The highest BCUT2D eigenvalue weighted by Crippen LogP contribution is 2.26. The molecule has 2 aromatic heterocycles. The number of nitrogens with zero attached hydrogens (tertiary/aromatic N) is 2. The van der Waals surface area contributed by atoms with E-state index in [1.807, 2.05) is 18.3 Å². The van der Waals surface area contributed by atoms with Gasteiger partial charge in [-0.05, 0) is 11.6 Å². The zero-order chi connectivity index (χ0) is 11.0. The fraction of sp³-hybridized carbons (Fsp3) is 0.273. The Hall–Kier alpha value is -1.88. The Morgan fingerprint density at radius 1 is 1.44 bits per heavy atom. The molecule has 0 aromatic carbocycles. The summed E-state index contributed by atoms with van der Waals surface area (Å²) in [4.78, 5) is 11.6.